The smallest absolute Gasteiger partial charge is 0.281 e. The van der Waals surface area contributed by atoms with Crippen LogP contribution in [0.4, 0.5) is 0 Å². The number of nitrogens with one attached hydrogen (secondary N) is 3. The largest absolute Gasteiger partial charge is 0.482 e. The fourth-order valence-electron chi connectivity index (χ4n) is 2.23. The van der Waals surface area contributed by atoms with E-state index < -0.39 is 11.8 Å². The van der Waals surface area contributed by atoms with Crippen molar-refractivity contribution >= 4 is 73.8 Å². The van der Waals surface area contributed by atoms with Crippen molar-refractivity contribution in [3.63, 3.8) is 0 Å². The second-order valence-electron chi connectivity index (χ2n) is 5.42. The fraction of sp³-hybridized carbons (Fsp3) is 0.0556. The highest BCUT2D eigenvalue weighted by Crippen LogP contribution is 2.34. The first-order valence-corrected chi connectivity index (χ1v) is 9.88. The van der Waals surface area contributed by atoms with Crippen molar-refractivity contribution in [3.8, 4) is 5.75 Å². The van der Waals surface area contributed by atoms with Gasteiger partial charge in [0.15, 0.2) is 11.7 Å². The van der Waals surface area contributed by atoms with Crippen molar-refractivity contribution in [2.24, 2.45) is 0 Å². The lowest BCUT2D eigenvalue weighted by molar-refractivity contribution is -0.121. The molecule has 10 heteroatoms. The van der Waals surface area contributed by atoms with Crippen molar-refractivity contribution in [1.29, 1.82) is 0 Å². The highest BCUT2D eigenvalue weighted by Gasteiger charge is 2.17. The average Bonchev–Trinajstić information content (AvgIpc) is 3.02. The second-order valence-corrected chi connectivity index (χ2v) is 7.66. The van der Waals surface area contributed by atoms with Gasteiger partial charge >= 0.3 is 0 Å². The Morgan fingerprint density at radius 1 is 1.04 bits per heavy atom. The second kappa shape index (κ2) is 9.20. The third-order valence-corrected chi connectivity index (χ3v) is 5.67. The summed E-state index contributed by atoms with van der Waals surface area (Å²) in [5, 5.41) is 3.86. The van der Waals surface area contributed by atoms with E-state index in [1.807, 2.05) is 24.3 Å². The van der Waals surface area contributed by atoms with Crippen LogP contribution in [0.1, 0.15) is 9.67 Å². The molecular weight excluding hydrogens is 441 g/mol. The van der Waals surface area contributed by atoms with Crippen molar-refractivity contribution in [3.05, 3.63) is 63.5 Å². The van der Waals surface area contributed by atoms with Gasteiger partial charge in [-0.2, -0.15) is 0 Å². The summed E-state index contributed by atoms with van der Waals surface area (Å²) in [5.74, 6) is -0.590. The molecule has 0 atom stereocenters. The highest BCUT2D eigenvalue weighted by atomic mass is 35.5. The zero-order valence-corrected chi connectivity index (χ0v) is 17.3. The number of carbonyl (C=O) groups is 2. The number of fused-ring (bicyclic) bond motifs is 1. The molecule has 0 saturated heterocycles. The Morgan fingerprint density at radius 3 is 2.50 bits per heavy atom. The lowest BCUT2D eigenvalue weighted by Gasteiger charge is -2.11. The van der Waals surface area contributed by atoms with Gasteiger partial charge in [0.25, 0.3) is 11.8 Å². The first kappa shape index (κ1) is 20.3. The zero-order valence-electron chi connectivity index (χ0n) is 14.1. The van der Waals surface area contributed by atoms with Crippen LogP contribution in [-0.2, 0) is 4.79 Å². The summed E-state index contributed by atoms with van der Waals surface area (Å²) in [6.45, 7) is -0.290. The van der Waals surface area contributed by atoms with Gasteiger partial charge in [0, 0.05) is 10.1 Å². The Labute approximate surface area is 179 Å². The van der Waals surface area contributed by atoms with Crippen molar-refractivity contribution in [2.45, 2.75) is 0 Å². The van der Waals surface area contributed by atoms with Gasteiger partial charge in [-0.1, -0.05) is 53.5 Å². The maximum atomic E-state index is 12.3. The topological polar surface area (TPSA) is 79.5 Å². The number of hydrogen-bond donors (Lipinski definition) is 3. The van der Waals surface area contributed by atoms with Crippen LogP contribution in [0.3, 0.4) is 0 Å². The van der Waals surface area contributed by atoms with Gasteiger partial charge in [-0.3, -0.25) is 25.8 Å². The summed E-state index contributed by atoms with van der Waals surface area (Å²) < 4.78 is 6.20. The molecule has 1 aromatic heterocycles. The number of halogens is 2. The van der Waals surface area contributed by atoms with E-state index in [0.717, 1.165) is 10.1 Å². The predicted molar refractivity (Wildman–Crippen MR) is 115 cm³/mol. The number of benzene rings is 2. The van der Waals surface area contributed by atoms with E-state index in [4.69, 9.17) is 40.2 Å². The Kier molecular flexibility index (Phi) is 6.69. The molecule has 0 aliphatic heterocycles. The number of carbonyl (C=O) groups excluding carboxylic acids is 2. The van der Waals surface area contributed by atoms with Crippen molar-refractivity contribution in [2.75, 3.05) is 6.61 Å². The molecule has 0 bridgehead atoms. The predicted octanol–water partition coefficient (Wildman–Crippen LogP) is 3.92. The zero-order chi connectivity index (χ0) is 20.1. The Bertz CT molecular complexity index is 1060. The molecule has 3 aromatic rings. The summed E-state index contributed by atoms with van der Waals surface area (Å²) in [6.07, 6.45) is 0. The van der Waals surface area contributed by atoms with Crippen LogP contribution in [0.2, 0.25) is 10.0 Å². The molecule has 2 amide bonds. The van der Waals surface area contributed by atoms with Crippen molar-refractivity contribution in [1.82, 2.24) is 16.2 Å². The molecule has 0 aliphatic rings. The number of para-hydroxylation sites is 1. The maximum Gasteiger partial charge on any atom is 0.281 e. The molecule has 3 N–H and O–H groups in total. The third kappa shape index (κ3) is 4.90. The van der Waals surface area contributed by atoms with Gasteiger partial charge < -0.3 is 4.74 Å². The Balaban J connectivity index is 1.49. The standard InChI is InChI=1S/C18H13Cl2N3O3S2/c19-11-6-2-3-7-12(11)26-9-14(24)21-18(27)23-22-17(25)16-15(20)10-5-1-4-8-13(10)28-16/h1-8H,9H2,(H,22,25)(H2,21,23,24,27). The highest BCUT2D eigenvalue weighted by molar-refractivity contribution is 7.80. The maximum absolute atomic E-state index is 12.3. The SMILES string of the molecule is O=C(COc1ccccc1Cl)NC(=S)NNC(=O)c1sc2ccccc2c1Cl. The van der Waals surface area contributed by atoms with Gasteiger partial charge in [0.1, 0.15) is 10.6 Å². The van der Waals surface area contributed by atoms with Crippen LogP contribution in [0.25, 0.3) is 10.1 Å². The summed E-state index contributed by atoms with van der Waals surface area (Å²) in [6, 6.07) is 14.2. The number of thiocarbonyl (C=S) groups is 1. The first-order chi connectivity index (χ1) is 13.5. The molecule has 0 fully saturated rings. The molecule has 3 rings (SSSR count). The minimum Gasteiger partial charge on any atom is -0.482 e. The normalized spacial score (nSPS) is 10.4. The quantitative estimate of drug-likeness (QED) is 0.412. The minimum absolute atomic E-state index is 0.0849. The number of hydrazine groups is 1. The van der Waals surface area contributed by atoms with E-state index in [1.54, 1.807) is 24.3 Å². The molecule has 6 nitrogen and oxygen atoms in total. The van der Waals surface area contributed by atoms with E-state index in [-0.39, 0.29) is 11.7 Å². The van der Waals surface area contributed by atoms with Crippen LogP contribution < -0.4 is 20.9 Å². The number of rotatable bonds is 4. The van der Waals surface area contributed by atoms with E-state index in [1.165, 1.54) is 11.3 Å². The van der Waals surface area contributed by atoms with Crippen LogP contribution in [0.15, 0.2) is 48.5 Å². The minimum atomic E-state index is -0.508. The van der Waals surface area contributed by atoms with Gasteiger partial charge in [-0.25, -0.2) is 0 Å². The van der Waals surface area contributed by atoms with Gasteiger partial charge in [0.05, 0.1) is 10.0 Å². The number of hydrogen-bond acceptors (Lipinski definition) is 5. The molecule has 2 aromatic carbocycles. The Hall–Kier alpha value is -2.39. The molecule has 144 valence electrons. The lowest BCUT2D eigenvalue weighted by atomic mass is 10.2. The molecule has 28 heavy (non-hydrogen) atoms. The third-order valence-electron chi connectivity index (χ3n) is 3.48. The van der Waals surface area contributed by atoms with Crippen LogP contribution >= 0.6 is 46.8 Å². The molecule has 0 radical (unpaired) electrons. The Morgan fingerprint density at radius 2 is 1.75 bits per heavy atom. The van der Waals surface area contributed by atoms with E-state index in [0.29, 0.717) is 20.7 Å². The molecule has 0 unspecified atom stereocenters. The molecule has 0 aliphatic carbocycles. The average molecular weight is 454 g/mol. The molecular formula is C18H13Cl2N3O3S2. The lowest BCUT2D eigenvalue weighted by Crippen LogP contribution is -2.49. The summed E-state index contributed by atoms with van der Waals surface area (Å²) >= 11 is 18.4. The summed E-state index contributed by atoms with van der Waals surface area (Å²) in [4.78, 5) is 24.5. The van der Waals surface area contributed by atoms with Gasteiger partial charge in [-0.15, -0.1) is 11.3 Å². The monoisotopic (exact) mass is 453 g/mol. The molecule has 1 heterocycles. The van der Waals surface area contributed by atoms with Crippen LogP contribution in [0.5, 0.6) is 5.75 Å². The van der Waals surface area contributed by atoms with E-state index in [2.05, 4.69) is 16.2 Å². The van der Waals surface area contributed by atoms with Crippen LogP contribution in [-0.4, -0.2) is 23.5 Å². The number of amides is 2. The summed E-state index contributed by atoms with van der Waals surface area (Å²) in [7, 11) is 0. The van der Waals surface area contributed by atoms with Gasteiger partial charge in [0.2, 0.25) is 0 Å². The van der Waals surface area contributed by atoms with Crippen molar-refractivity contribution < 1.29 is 14.3 Å². The van der Waals surface area contributed by atoms with Gasteiger partial charge in [-0.05, 0) is 30.4 Å². The first-order valence-electron chi connectivity index (χ1n) is 7.90. The van der Waals surface area contributed by atoms with E-state index in [9.17, 15) is 9.59 Å². The fourth-order valence-corrected chi connectivity index (χ4v) is 4.00. The summed E-state index contributed by atoms with van der Waals surface area (Å²) in [5.41, 5.74) is 4.87. The van der Waals surface area contributed by atoms with Crippen LogP contribution in [0, 0.1) is 0 Å². The number of ether oxygens (including phenoxy) is 1. The molecule has 0 spiro atoms. The molecule has 0 saturated carbocycles. The number of thiophene rings is 1. The van der Waals surface area contributed by atoms with E-state index >= 15 is 0 Å².